The number of phenolic OH excluding ortho intramolecular Hbond substituents is 1. The maximum absolute atomic E-state index is 10.5. The van der Waals surface area contributed by atoms with Crippen molar-refractivity contribution < 1.29 is 24.8 Å². The van der Waals surface area contributed by atoms with Gasteiger partial charge < -0.3 is 30.1 Å². The first-order valence-corrected chi connectivity index (χ1v) is 15.4. The number of phenols is 1. The van der Waals surface area contributed by atoms with Crippen LogP contribution in [0.5, 0.6) is 11.5 Å². The molecular weight excluding hydrogens is 518 g/mol. The standard InChI is InChI=1S/C33H51N3O5/c1-5-7-9-27-14-15-28(41-27)13-11-25-12-16-32(39)33(18-25)40-22-31(34-6-2)30-19-26(21-36-30)24(4)29(10-8-17-37)35-20-23(3)38/h12,14-16,18-19,21,23-24,27,29,31,34-35,37-38,41H,5-11,13,17,20,22H2,1-4H3/p+1/t23-,24-,27?,29-,31-/m0/s1. The molecule has 1 unspecified atom stereocenters. The van der Waals surface area contributed by atoms with Gasteiger partial charge in [-0.15, -0.1) is 17.1 Å². The lowest BCUT2D eigenvalue weighted by Gasteiger charge is -2.24. The number of aliphatic hydroxyl groups is 4. The molecule has 0 saturated carbocycles. The Hall–Kier alpha value is -2.49. The van der Waals surface area contributed by atoms with Gasteiger partial charge in [-0.1, -0.05) is 26.3 Å². The lowest BCUT2D eigenvalue weighted by atomic mass is 9.86. The molecular formula is C33H52N3O5+. The van der Waals surface area contributed by atoms with Crippen LogP contribution in [-0.4, -0.2) is 76.9 Å². The van der Waals surface area contributed by atoms with Gasteiger partial charge in [-0.25, -0.2) is 0 Å². The molecule has 0 radical (unpaired) electrons. The number of aromatic hydroxyl groups is 1. The van der Waals surface area contributed by atoms with Crippen molar-refractivity contribution in [3.63, 3.8) is 0 Å². The number of ether oxygens (including phenoxy) is 2. The second-order valence-electron chi connectivity index (χ2n) is 11.3. The van der Waals surface area contributed by atoms with Crippen LogP contribution in [0, 0.1) is 17.9 Å². The summed E-state index contributed by atoms with van der Waals surface area (Å²) in [6.45, 7) is 9.90. The summed E-state index contributed by atoms with van der Waals surface area (Å²) in [4.78, 5) is 4.71. The summed E-state index contributed by atoms with van der Waals surface area (Å²) in [6.07, 6.45) is 16.1. The van der Waals surface area contributed by atoms with E-state index < -0.39 is 6.10 Å². The average molecular weight is 571 g/mol. The van der Waals surface area contributed by atoms with Gasteiger partial charge in [0, 0.05) is 25.6 Å². The molecule has 0 spiro atoms. The molecule has 228 valence electrons. The molecule has 0 fully saturated rings. The number of aliphatic imine (C=N–C) groups is 1. The number of rotatable bonds is 20. The molecule has 3 rings (SSSR count). The predicted molar refractivity (Wildman–Crippen MR) is 166 cm³/mol. The van der Waals surface area contributed by atoms with Crippen molar-refractivity contribution in [2.75, 3.05) is 26.3 Å². The summed E-state index contributed by atoms with van der Waals surface area (Å²) in [6, 6.07) is 5.57. The maximum atomic E-state index is 10.5. The summed E-state index contributed by atoms with van der Waals surface area (Å²) >= 11 is 0. The lowest BCUT2D eigenvalue weighted by molar-refractivity contribution is -0.0480. The van der Waals surface area contributed by atoms with Gasteiger partial charge in [0.05, 0.1) is 18.1 Å². The van der Waals surface area contributed by atoms with Gasteiger partial charge in [-0.3, -0.25) is 5.32 Å². The van der Waals surface area contributed by atoms with E-state index in [0.717, 1.165) is 55.5 Å². The van der Waals surface area contributed by atoms with E-state index in [1.165, 1.54) is 12.8 Å². The van der Waals surface area contributed by atoms with E-state index in [4.69, 9.17) is 14.5 Å². The van der Waals surface area contributed by atoms with Gasteiger partial charge in [0.25, 0.3) is 0 Å². The second-order valence-corrected chi connectivity index (χ2v) is 11.3. The fourth-order valence-electron chi connectivity index (χ4n) is 5.24. The van der Waals surface area contributed by atoms with Crippen LogP contribution in [0.2, 0.25) is 0 Å². The van der Waals surface area contributed by atoms with Crippen LogP contribution < -0.4 is 15.4 Å². The SMILES string of the molecule is CCCCC1C=C[C-](CCc2ccc(O)c(OC[C@H](NCC)C3=C[C+]([C@H](C)[C@H](CCCO)NC[C@H](C)O)C=N3)c2)[OH+]1. The van der Waals surface area contributed by atoms with Crippen LogP contribution >= 0.6 is 0 Å². The summed E-state index contributed by atoms with van der Waals surface area (Å²) in [5.41, 5.74) is 2.00. The highest BCUT2D eigenvalue weighted by Crippen LogP contribution is 2.31. The highest BCUT2D eigenvalue weighted by atomic mass is 16.5. The predicted octanol–water partition coefficient (Wildman–Crippen LogP) is 4.16. The summed E-state index contributed by atoms with van der Waals surface area (Å²) in [5, 5.41) is 36.5. The third-order valence-electron chi connectivity index (χ3n) is 7.76. The van der Waals surface area contributed by atoms with Gasteiger partial charge in [0.1, 0.15) is 30.9 Å². The number of allylic oxidation sites excluding steroid dienone is 1. The number of nitrogens with zero attached hydrogens (tertiary/aromatic N) is 1. The first-order chi connectivity index (χ1) is 19.8. The Morgan fingerprint density at radius 2 is 2.02 bits per heavy atom. The maximum Gasteiger partial charge on any atom is 0.196 e. The summed E-state index contributed by atoms with van der Waals surface area (Å²) in [5.74, 6) is 1.87. The van der Waals surface area contributed by atoms with Gasteiger partial charge >= 0.3 is 0 Å². The molecule has 6 N–H and O–H groups in total. The third kappa shape index (κ3) is 10.7. The van der Waals surface area contributed by atoms with Crippen molar-refractivity contribution in [2.45, 2.75) is 96.9 Å². The number of nitrogens with one attached hydrogen (secondary N) is 2. The quantitative estimate of drug-likeness (QED) is 0.119. The third-order valence-corrected chi connectivity index (χ3v) is 7.76. The molecule has 2 aliphatic rings. The number of aliphatic hydroxyl groups excluding tert-OH is 2. The Morgan fingerprint density at radius 3 is 2.76 bits per heavy atom. The minimum absolute atomic E-state index is 0.121. The van der Waals surface area contributed by atoms with E-state index in [0.29, 0.717) is 31.4 Å². The highest BCUT2D eigenvalue weighted by Gasteiger charge is 2.36. The lowest BCUT2D eigenvalue weighted by Crippen LogP contribution is -2.41. The summed E-state index contributed by atoms with van der Waals surface area (Å²) < 4.78 is 11.0. The van der Waals surface area contributed by atoms with Crippen molar-refractivity contribution in [1.82, 2.24) is 10.6 Å². The fraction of sp³-hybridized carbons (Fsp3) is 0.606. The molecule has 2 aliphatic heterocycles. The van der Waals surface area contributed by atoms with E-state index in [2.05, 4.69) is 49.6 Å². The zero-order valence-corrected chi connectivity index (χ0v) is 25.4. The van der Waals surface area contributed by atoms with Crippen LogP contribution in [0.15, 0.2) is 47.1 Å². The molecule has 41 heavy (non-hydrogen) atoms. The van der Waals surface area contributed by atoms with Crippen LogP contribution in [0.1, 0.15) is 71.8 Å². The van der Waals surface area contributed by atoms with E-state index in [9.17, 15) is 15.3 Å². The zero-order valence-electron chi connectivity index (χ0n) is 25.4. The second kappa shape index (κ2) is 17.5. The van der Waals surface area contributed by atoms with Gasteiger partial charge in [-0.2, -0.15) is 0 Å². The number of aryl methyl sites for hydroxylation is 1. The van der Waals surface area contributed by atoms with E-state index in [1.807, 2.05) is 18.3 Å². The van der Waals surface area contributed by atoms with Crippen LogP contribution in [0.4, 0.5) is 0 Å². The van der Waals surface area contributed by atoms with Crippen molar-refractivity contribution in [3.8, 4) is 11.5 Å². The Morgan fingerprint density at radius 1 is 1.20 bits per heavy atom. The molecule has 8 nitrogen and oxygen atoms in total. The summed E-state index contributed by atoms with van der Waals surface area (Å²) in [7, 11) is 0. The number of hydrogen-bond acceptors (Lipinski definition) is 7. The Bertz CT molecular complexity index is 995. The largest absolute Gasteiger partial charge is 0.504 e. The molecule has 0 bridgehead atoms. The molecule has 0 saturated heterocycles. The van der Waals surface area contributed by atoms with E-state index in [1.54, 1.807) is 13.0 Å². The highest BCUT2D eigenvalue weighted by molar-refractivity contribution is 5.83. The van der Waals surface area contributed by atoms with E-state index >= 15 is 0 Å². The Balaban J connectivity index is 1.57. The Labute approximate surface area is 246 Å². The smallest absolute Gasteiger partial charge is 0.196 e. The molecule has 8 heteroatoms. The van der Waals surface area contributed by atoms with E-state index in [-0.39, 0.29) is 30.4 Å². The molecule has 0 aliphatic carbocycles. The van der Waals surface area contributed by atoms with Gasteiger partial charge in [0.15, 0.2) is 23.2 Å². The van der Waals surface area contributed by atoms with Crippen molar-refractivity contribution in [2.24, 2.45) is 10.9 Å². The topological polar surface area (TPSA) is 119 Å². The molecule has 0 amide bonds. The van der Waals surface area contributed by atoms with Crippen LogP contribution in [-0.2, 0) is 6.42 Å². The number of likely N-dealkylation sites (N-methyl/N-ethyl adjacent to an activating group) is 1. The van der Waals surface area contributed by atoms with Crippen LogP contribution in [0.25, 0.3) is 0 Å². The minimum atomic E-state index is -0.436. The minimum Gasteiger partial charge on any atom is -0.504 e. The fourth-order valence-corrected chi connectivity index (χ4v) is 5.24. The van der Waals surface area contributed by atoms with Crippen LogP contribution in [0.3, 0.4) is 0 Å². The molecule has 0 aromatic heterocycles. The average Bonchev–Trinajstić information content (AvgIpc) is 3.64. The number of unbranched alkanes of at least 4 members (excludes halogenated alkanes) is 1. The van der Waals surface area contributed by atoms with Crippen molar-refractivity contribution >= 4 is 6.21 Å². The van der Waals surface area contributed by atoms with Crippen molar-refractivity contribution in [3.05, 3.63) is 59.7 Å². The molecule has 5 atom stereocenters. The van der Waals surface area contributed by atoms with Crippen molar-refractivity contribution in [1.29, 1.82) is 0 Å². The number of benzene rings is 1. The number of hydrogen-bond donors (Lipinski definition) is 5. The first-order valence-electron chi connectivity index (χ1n) is 15.4. The Kier molecular flexibility index (Phi) is 14.1. The van der Waals surface area contributed by atoms with Gasteiger partial charge in [-0.05, 0) is 70.2 Å². The normalized spacial score (nSPS) is 19.5. The first kappa shape index (κ1) is 33.0. The molecule has 1 aromatic carbocycles. The monoisotopic (exact) mass is 570 g/mol. The zero-order chi connectivity index (χ0) is 29.6. The molecule has 2 heterocycles. The molecule has 1 aromatic rings. The van der Waals surface area contributed by atoms with Gasteiger partial charge in [0.2, 0.25) is 0 Å².